The molecule has 0 radical (unpaired) electrons. The van der Waals surface area contributed by atoms with Crippen molar-refractivity contribution in [3.63, 3.8) is 0 Å². The van der Waals surface area contributed by atoms with Crippen LogP contribution in [-0.2, 0) is 9.53 Å². The molecule has 1 aromatic carbocycles. The normalized spacial score (nSPS) is 21.5. The van der Waals surface area contributed by atoms with Gasteiger partial charge in [-0.1, -0.05) is 0 Å². The number of rotatable bonds is 2. The van der Waals surface area contributed by atoms with Crippen LogP contribution >= 0.6 is 15.9 Å². The Bertz CT molecular complexity index is 939. The summed E-state index contributed by atoms with van der Waals surface area (Å²) >= 11 is 3.48. The summed E-state index contributed by atoms with van der Waals surface area (Å²) in [5, 5.41) is 2.78. The largest absolute Gasteiger partial charge is 0.444 e. The molecule has 3 aliphatic heterocycles. The fourth-order valence-electron chi connectivity index (χ4n) is 3.77. The van der Waals surface area contributed by atoms with E-state index in [2.05, 4.69) is 26.2 Å². The summed E-state index contributed by atoms with van der Waals surface area (Å²) in [4.78, 5) is 32.4. The lowest BCUT2D eigenvalue weighted by molar-refractivity contribution is -0.114. The third kappa shape index (κ3) is 3.43. The number of oxazole rings is 1. The Balaban J connectivity index is 1.54. The number of halogens is 1. The number of benzene rings is 1. The van der Waals surface area contributed by atoms with Crippen molar-refractivity contribution in [1.82, 2.24) is 9.88 Å². The first-order chi connectivity index (χ1) is 13.1. The topological polar surface area (TPSA) is 87.9 Å². The summed E-state index contributed by atoms with van der Waals surface area (Å²) < 4.78 is 12.3. The van der Waals surface area contributed by atoms with Gasteiger partial charge in [0.25, 0.3) is 6.01 Å². The smallest absolute Gasteiger partial charge is 0.410 e. The predicted molar refractivity (Wildman–Crippen MR) is 108 cm³/mol. The summed E-state index contributed by atoms with van der Waals surface area (Å²) in [6.07, 6.45) is 0.693. The quantitative estimate of drug-likeness (QED) is 0.749. The Hall–Kier alpha value is -2.29. The van der Waals surface area contributed by atoms with E-state index in [0.29, 0.717) is 35.9 Å². The molecule has 2 unspecified atom stereocenters. The third-order valence-corrected chi connectivity index (χ3v) is 5.49. The standard InChI is InChI=1S/C19H23BrN4O4/c1-10(25)21-14-6-5-13(20)16-15(14)22-17(27-16)23-8-11-7-12(9-23)24(11)18(26)28-19(2,3)4/h5-6,11-12H,7-9H2,1-4H3,(H,21,25). The number of carbonyl (C=O) groups excluding carboxylic acids is 2. The number of amides is 2. The number of nitrogens with one attached hydrogen (secondary N) is 1. The van der Waals surface area contributed by atoms with Crippen LogP contribution in [0.3, 0.4) is 0 Å². The summed E-state index contributed by atoms with van der Waals surface area (Å²) in [7, 11) is 0. The second-order valence-electron chi connectivity index (χ2n) is 8.29. The molecule has 9 heteroatoms. The summed E-state index contributed by atoms with van der Waals surface area (Å²) in [5.74, 6) is -0.166. The molecular formula is C19H23BrN4O4. The zero-order valence-electron chi connectivity index (χ0n) is 16.3. The highest BCUT2D eigenvalue weighted by molar-refractivity contribution is 9.10. The maximum absolute atomic E-state index is 12.4. The molecule has 150 valence electrons. The number of anilines is 2. The van der Waals surface area contributed by atoms with E-state index in [9.17, 15) is 9.59 Å². The SMILES string of the molecule is CC(=O)Nc1ccc(Br)c2oc(N3CC4CC(C3)N4C(=O)OC(C)(C)C)nc12. The maximum atomic E-state index is 12.4. The molecule has 5 rings (SSSR count). The fourth-order valence-corrected chi connectivity index (χ4v) is 4.17. The van der Waals surface area contributed by atoms with Crippen molar-refractivity contribution >= 4 is 50.7 Å². The Morgan fingerprint density at radius 1 is 1.29 bits per heavy atom. The Kier molecular flexibility index (Phi) is 4.52. The lowest BCUT2D eigenvalue weighted by Crippen LogP contribution is -2.70. The van der Waals surface area contributed by atoms with E-state index in [4.69, 9.17) is 9.15 Å². The number of aromatic nitrogens is 1. The van der Waals surface area contributed by atoms with Gasteiger partial charge in [-0.05, 0) is 55.3 Å². The van der Waals surface area contributed by atoms with Crippen LogP contribution in [0.5, 0.6) is 0 Å². The zero-order chi connectivity index (χ0) is 20.2. The van der Waals surface area contributed by atoms with Gasteiger partial charge in [0.05, 0.1) is 22.2 Å². The highest BCUT2D eigenvalue weighted by Gasteiger charge is 2.49. The average molecular weight is 451 g/mol. The van der Waals surface area contributed by atoms with Crippen LogP contribution < -0.4 is 10.2 Å². The lowest BCUT2D eigenvalue weighted by atomic mass is 9.88. The van der Waals surface area contributed by atoms with Crippen LogP contribution in [0.15, 0.2) is 21.0 Å². The molecule has 2 aromatic rings. The highest BCUT2D eigenvalue weighted by Crippen LogP contribution is 2.38. The van der Waals surface area contributed by atoms with Gasteiger partial charge in [0.1, 0.15) is 11.1 Å². The van der Waals surface area contributed by atoms with Gasteiger partial charge >= 0.3 is 6.09 Å². The van der Waals surface area contributed by atoms with E-state index in [0.717, 1.165) is 10.9 Å². The van der Waals surface area contributed by atoms with E-state index in [-0.39, 0.29) is 24.1 Å². The fraction of sp³-hybridized carbons (Fsp3) is 0.526. The summed E-state index contributed by atoms with van der Waals surface area (Å²) in [6, 6.07) is 4.27. The third-order valence-electron chi connectivity index (χ3n) is 4.86. The minimum Gasteiger partial charge on any atom is -0.444 e. The molecule has 2 bridgehead atoms. The number of carbonyl (C=O) groups is 2. The molecule has 0 spiro atoms. The van der Waals surface area contributed by atoms with Gasteiger partial charge < -0.3 is 19.4 Å². The van der Waals surface area contributed by atoms with Crippen LogP contribution in [0.4, 0.5) is 16.5 Å². The van der Waals surface area contributed by atoms with Crippen molar-refractivity contribution in [3.8, 4) is 0 Å². The Morgan fingerprint density at radius 2 is 1.96 bits per heavy atom. The van der Waals surface area contributed by atoms with E-state index in [1.165, 1.54) is 6.92 Å². The molecule has 1 N–H and O–H groups in total. The first-order valence-corrected chi connectivity index (χ1v) is 10.0. The molecule has 0 saturated carbocycles. The Morgan fingerprint density at radius 3 is 2.57 bits per heavy atom. The number of piperidine rings is 1. The van der Waals surface area contributed by atoms with E-state index < -0.39 is 5.60 Å². The molecule has 1 aromatic heterocycles. The van der Waals surface area contributed by atoms with Crippen molar-refractivity contribution in [1.29, 1.82) is 0 Å². The van der Waals surface area contributed by atoms with Crippen LogP contribution in [0.25, 0.3) is 11.1 Å². The van der Waals surface area contributed by atoms with Gasteiger partial charge in [0.2, 0.25) is 5.91 Å². The van der Waals surface area contributed by atoms with E-state index in [1.54, 1.807) is 6.07 Å². The van der Waals surface area contributed by atoms with Gasteiger partial charge in [-0.3, -0.25) is 9.69 Å². The molecule has 28 heavy (non-hydrogen) atoms. The number of nitrogens with zero attached hydrogens (tertiary/aromatic N) is 3. The maximum Gasteiger partial charge on any atom is 0.410 e. The molecule has 3 aliphatic rings. The van der Waals surface area contributed by atoms with Crippen molar-refractivity contribution in [2.24, 2.45) is 0 Å². The van der Waals surface area contributed by atoms with Gasteiger partial charge in [0, 0.05) is 20.0 Å². The number of fused-ring (bicyclic) bond motifs is 3. The number of hydrogen-bond acceptors (Lipinski definition) is 6. The van der Waals surface area contributed by atoms with Gasteiger partial charge in [-0.2, -0.15) is 4.98 Å². The molecule has 2 atom stereocenters. The van der Waals surface area contributed by atoms with Crippen molar-refractivity contribution in [2.75, 3.05) is 23.3 Å². The monoisotopic (exact) mass is 450 g/mol. The van der Waals surface area contributed by atoms with Crippen LogP contribution in [0.1, 0.15) is 34.1 Å². The molecular weight excluding hydrogens is 428 g/mol. The molecule has 2 amide bonds. The predicted octanol–water partition coefficient (Wildman–Crippen LogP) is 3.75. The molecule has 4 heterocycles. The van der Waals surface area contributed by atoms with Crippen LogP contribution in [-0.4, -0.2) is 52.7 Å². The molecule has 0 aliphatic carbocycles. The minimum atomic E-state index is -0.507. The lowest BCUT2D eigenvalue weighted by Gasteiger charge is -2.55. The molecule has 8 nitrogen and oxygen atoms in total. The number of piperazine rings is 1. The Labute approximate surface area is 171 Å². The first kappa shape index (κ1) is 19.0. The highest BCUT2D eigenvalue weighted by atomic mass is 79.9. The van der Waals surface area contributed by atoms with Gasteiger partial charge in [-0.15, -0.1) is 0 Å². The second kappa shape index (κ2) is 6.65. The first-order valence-electron chi connectivity index (χ1n) is 9.25. The van der Waals surface area contributed by atoms with Gasteiger partial charge in [0.15, 0.2) is 5.58 Å². The second-order valence-corrected chi connectivity index (χ2v) is 9.14. The molecule has 3 fully saturated rings. The van der Waals surface area contributed by atoms with Crippen molar-refractivity contribution < 1.29 is 18.7 Å². The number of hydrogen-bond donors (Lipinski definition) is 1. The van der Waals surface area contributed by atoms with Gasteiger partial charge in [-0.25, -0.2) is 4.79 Å². The van der Waals surface area contributed by atoms with Crippen molar-refractivity contribution in [3.05, 3.63) is 16.6 Å². The minimum absolute atomic E-state index is 0.0851. The van der Waals surface area contributed by atoms with E-state index >= 15 is 0 Å². The number of ether oxygens (including phenoxy) is 1. The summed E-state index contributed by atoms with van der Waals surface area (Å²) in [5.41, 5.74) is 1.29. The average Bonchev–Trinajstić information content (AvgIpc) is 3.02. The van der Waals surface area contributed by atoms with Crippen molar-refractivity contribution in [2.45, 2.75) is 51.8 Å². The summed E-state index contributed by atoms with van der Waals surface area (Å²) in [6.45, 7) is 8.34. The van der Waals surface area contributed by atoms with Crippen LogP contribution in [0.2, 0.25) is 0 Å². The van der Waals surface area contributed by atoms with E-state index in [1.807, 2.05) is 36.6 Å². The zero-order valence-corrected chi connectivity index (χ0v) is 17.9. The molecule has 3 saturated heterocycles. The van der Waals surface area contributed by atoms with Crippen LogP contribution in [0, 0.1) is 0 Å².